The van der Waals surface area contributed by atoms with Crippen molar-refractivity contribution in [1.82, 2.24) is 9.21 Å². The number of ether oxygens (including phenoxy) is 2. The van der Waals surface area contributed by atoms with Crippen LogP contribution < -0.4 is 9.47 Å². The molecule has 0 radical (unpaired) electrons. The normalized spacial score (nSPS) is 22.0. The van der Waals surface area contributed by atoms with Gasteiger partial charge >= 0.3 is 0 Å². The topological polar surface area (TPSA) is 76.2 Å². The third kappa shape index (κ3) is 4.53. The van der Waals surface area contributed by atoms with Crippen LogP contribution in [0.5, 0.6) is 11.5 Å². The molecule has 1 aromatic rings. The minimum Gasteiger partial charge on any atom is -0.490 e. The van der Waals surface area contributed by atoms with Gasteiger partial charge in [-0.25, -0.2) is 8.42 Å². The van der Waals surface area contributed by atoms with Crippen molar-refractivity contribution in [1.29, 1.82) is 0 Å². The van der Waals surface area contributed by atoms with Crippen molar-refractivity contribution < 1.29 is 22.7 Å². The lowest BCUT2D eigenvalue weighted by Crippen LogP contribution is -2.44. The molecule has 7 nitrogen and oxygen atoms in total. The second kappa shape index (κ2) is 8.92. The fourth-order valence-electron chi connectivity index (χ4n) is 4.35. The molecule has 29 heavy (non-hydrogen) atoms. The maximum absolute atomic E-state index is 13.1. The summed E-state index contributed by atoms with van der Waals surface area (Å²) in [7, 11) is -3.61. The number of benzene rings is 1. The van der Waals surface area contributed by atoms with Crippen LogP contribution in [-0.2, 0) is 14.8 Å². The Kier molecular flexibility index (Phi) is 6.29. The van der Waals surface area contributed by atoms with E-state index in [2.05, 4.69) is 0 Å². The predicted octanol–water partition coefficient (Wildman–Crippen LogP) is 2.65. The molecule has 3 aliphatic rings. The third-order valence-corrected chi connectivity index (χ3v) is 7.97. The number of carbonyl (C=O) groups excluding carboxylic acids is 1. The van der Waals surface area contributed by atoms with Crippen LogP contribution in [0.15, 0.2) is 23.1 Å². The summed E-state index contributed by atoms with van der Waals surface area (Å²) in [5, 5.41) is 0. The molecule has 1 aromatic carbocycles. The highest BCUT2D eigenvalue weighted by atomic mass is 32.2. The molecule has 4 rings (SSSR count). The first-order chi connectivity index (χ1) is 14.1. The second-order valence-corrected chi connectivity index (χ2v) is 10.0. The summed E-state index contributed by atoms with van der Waals surface area (Å²) >= 11 is 0. The summed E-state index contributed by atoms with van der Waals surface area (Å²) in [5.41, 5.74) is 0. The van der Waals surface area contributed by atoms with Gasteiger partial charge in [-0.05, 0) is 37.8 Å². The van der Waals surface area contributed by atoms with Gasteiger partial charge in [0, 0.05) is 44.6 Å². The molecule has 0 saturated carbocycles. The van der Waals surface area contributed by atoms with E-state index >= 15 is 0 Å². The van der Waals surface area contributed by atoms with Crippen LogP contribution in [0.3, 0.4) is 0 Å². The first-order valence-corrected chi connectivity index (χ1v) is 12.2. The average Bonchev–Trinajstić information content (AvgIpc) is 3.16. The van der Waals surface area contributed by atoms with Crippen molar-refractivity contribution in [2.45, 2.75) is 49.8 Å². The maximum Gasteiger partial charge on any atom is 0.243 e. The van der Waals surface area contributed by atoms with Crippen molar-refractivity contribution >= 4 is 15.9 Å². The molecule has 8 heteroatoms. The zero-order chi connectivity index (χ0) is 20.3. The van der Waals surface area contributed by atoms with Gasteiger partial charge in [-0.15, -0.1) is 0 Å². The predicted molar refractivity (Wildman–Crippen MR) is 109 cm³/mol. The summed E-state index contributed by atoms with van der Waals surface area (Å²) < 4.78 is 39.0. The monoisotopic (exact) mass is 422 g/mol. The Morgan fingerprint density at radius 2 is 1.52 bits per heavy atom. The molecule has 0 N–H and O–H groups in total. The first kappa shape index (κ1) is 20.5. The van der Waals surface area contributed by atoms with Crippen molar-refractivity contribution in [3.63, 3.8) is 0 Å². The van der Waals surface area contributed by atoms with Crippen LogP contribution in [0, 0.1) is 5.92 Å². The van der Waals surface area contributed by atoms with E-state index in [9.17, 15) is 13.2 Å². The molecule has 0 aliphatic carbocycles. The largest absolute Gasteiger partial charge is 0.490 e. The van der Waals surface area contributed by atoms with Gasteiger partial charge in [-0.2, -0.15) is 4.31 Å². The molecular weight excluding hydrogens is 392 g/mol. The van der Waals surface area contributed by atoms with Crippen LogP contribution in [0.1, 0.15) is 44.9 Å². The lowest BCUT2D eigenvalue weighted by Gasteiger charge is -2.33. The molecule has 2 saturated heterocycles. The van der Waals surface area contributed by atoms with Crippen molar-refractivity contribution in [2.24, 2.45) is 5.92 Å². The highest BCUT2D eigenvalue weighted by Crippen LogP contribution is 2.34. The number of fused-ring (bicyclic) bond motifs is 1. The average molecular weight is 423 g/mol. The van der Waals surface area contributed by atoms with Gasteiger partial charge in [0.2, 0.25) is 15.9 Å². The summed E-state index contributed by atoms with van der Waals surface area (Å²) in [4.78, 5) is 15.1. The van der Waals surface area contributed by atoms with Crippen molar-refractivity contribution in [2.75, 3.05) is 39.4 Å². The van der Waals surface area contributed by atoms with E-state index in [1.807, 2.05) is 4.90 Å². The summed E-state index contributed by atoms with van der Waals surface area (Å²) in [6.45, 7) is 3.52. The summed E-state index contributed by atoms with van der Waals surface area (Å²) in [5.74, 6) is 1.21. The van der Waals surface area contributed by atoms with Crippen LogP contribution in [0.2, 0.25) is 0 Å². The molecule has 0 unspecified atom stereocenters. The number of carbonyl (C=O) groups is 1. The van der Waals surface area contributed by atoms with Gasteiger partial charge in [0.1, 0.15) is 0 Å². The number of sulfonamides is 1. The first-order valence-electron chi connectivity index (χ1n) is 10.7. The van der Waals surface area contributed by atoms with Gasteiger partial charge in [0.05, 0.1) is 18.1 Å². The van der Waals surface area contributed by atoms with Gasteiger partial charge in [-0.1, -0.05) is 12.8 Å². The molecule has 2 fully saturated rings. The standard InChI is InChI=1S/C21H30N2O5S/c24-21(22-10-3-1-2-4-11-22)17-8-12-23(13-9-17)29(25,26)18-6-7-19-20(16-18)28-15-5-14-27-19/h6-7,16-17H,1-5,8-15H2. The fourth-order valence-corrected chi connectivity index (χ4v) is 5.83. The number of hydrogen-bond acceptors (Lipinski definition) is 5. The molecular formula is C21H30N2O5S. The van der Waals surface area contributed by atoms with Crippen LogP contribution >= 0.6 is 0 Å². The molecule has 0 bridgehead atoms. The maximum atomic E-state index is 13.1. The van der Waals surface area contributed by atoms with E-state index in [0.29, 0.717) is 50.6 Å². The molecule has 0 atom stereocenters. The van der Waals surface area contributed by atoms with E-state index < -0.39 is 10.0 Å². The van der Waals surface area contributed by atoms with Crippen LogP contribution in [0.25, 0.3) is 0 Å². The lowest BCUT2D eigenvalue weighted by molar-refractivity contribution is -0.136. The van der Waals surface area contributed by atoms with Gasteiger partial charge in [0.15, 0.2) is 11.5 Å². The quantitative estimate of drug-likeness (QED) is 0.749. The molecule has 3 heterocycles. The number of amides is 1. The Hall–Kier alpha value is -1.80. The number of rotatable bonds is 3. The molecule has 0 spiro atoms. The van der Waals surface area contributed by atoms with E-state index in [4.69, 9.17) is 9.47 Å². The second-order valence-electron chi connectivity index (χ2n) is 8.08. The van der Waals surface area contributed by atoms with E-state index in [1.165, 1.54) is 17.1 Å². The van der Waals surface area contributed by atoms with E-state index in [0.717, 1.165) is 32.4 Å². The molecule has 160 valence electrons. The van der Waals surface area contributed by atoms with Crippen LogP contribution in [0.4, 0.5) is 0 Å². The fraction of sp³-hybridized carbons (Fsp3) is 0.667. The molecule has 0 aromatic heterocycles. The lowest BCUT2D eigenvalue weighted by atomic mass is 9.96. The number of likely N-dealkylation sites (tertiary alicyclic amines) is 1. The Balaban J connectivity index is 1.41. The van der Waals surface area contributed by atoms with Gasteiger partial charge in [0.25, 0.3) is 0 Å². The van der Waals surface area contributed by atoms with Crippen LogP contribution in [-0.4, -0.2) is 62.9 Å². The van der Waals surface area contributed by atoms with Gasteiger partial charge < -0.3 is 14.4 Å². The Bertz CT molecular complexity index is 825. The highest BCUT2D eigenvalue weighted by Gasteiger charge is 2.34. The number of hydrogen-bond donors (Lipinski definition) is 0. The molecule has 1 amide bonds. The van der Waals surface area contributed by atoms with Crippen molar-refractivity contribution in [3.8, 4) is 11.5 Å². The van der Waals surface area contributed by atoms with Crippen molar-refractivity contribution in [3.05, 3.63) is 18.2 Å². The zero-order valence-corrected chi connectivity index (χ0v) is 17.7. The smallest absolute Gasteiger partial charge is 0.243 e. The number of nitrogens with zero attached hydrogens (tertiary/aromatic N) is 2. The third-order valence-electron chi connectivity index (χ3n) is 6.08. The van der Waals surface area contributed by atoms with E-state index in [1.54, 1.807) is 18.2 Å². The SMILES string of the molecule is O=C(C1CCN(S(=O)(=O)c2ccc3c(c2)OCCCO3)CC1)N1CCCCCC1. The summed E-state index contributed by atoms with van der Waals surface area (Å²) in [6.07, 6.45) is 6.46. The summed E-state index contributed by atoms with van der Waals surface area (Å²) in [6, 6.07) is 4.81. The minimum atomic E-state index is -3.61. The Labute approximate surface area is 173 Å². The number of piperidine rings is 1. The zero-order valence-electron chi connectivity index (χ0n) is 16.8. The Morgan fingerprint density at radius 3 is 2.21 bits per heavy atom. The Morgan fingerprint density at radius 1 is 0.862 bits per heavy atom. The molecule has 3 aliphatic heterocycles. The van der Waals surface area contributed by atoms with E-state index in [-0.39, 0.29) is 16.7 Å². The highest BCUT2D eigenvalue weighted by molar-refractivity contribution is 7.89. The minimum absolute atomic E-state index is 0.0664. The van der Waals surface area contributed by atoms with Gasteiger partial charge in [-0.3, -0.25) is 4.79 Å².